The largest absolute Gasteiger partial charge is 0.352 e. The second-order valence-electron chi connectivity index (χ2n) is 4.36. The van der Waals surface area contributed by atoms with E-state index >= 15 is 0 Å². The van der Waals surface area contributed by atoms with Gasteiger partial charge in [-0.3, -0.25) is 9.69 Å². The van der Waals surface area contributed by atoms with Crippen LogP contribution in [0, 0.1) is 0 Å². The molecular formula is C15H24N2O. The van der Waals surface area contributed by atoms with Crippen molar-refractivity contribution in [1.82, 2.24) is 10.2 Å². The molecule has 1 amide bonds. The zero-order valence-electron chi connectivity index (χ0n) is 11.7. The van der Waals surface area contributed by atoms with Gasteiger partial charge in [-0.15, -0.1) is 0 Å². The van der Waals surface area contributed by atoms with Crippen molar-refractivity contribution < 1.29 is 4.79 Å². The molecule has 0 spiro atoms. The summed E-state index contributed by atoms with van der Waals surface area (Å²) < 4.78 is 0. The van der Waals surface area contributed by atoms with Crippen molar-refractivity contribution in [1.29, 1.82) is 0 Å². The number of rotatable bonds is 7. The normalized spacial score (nSPS) is 10.7. The molecule has 1 aromatic carbocycles. The van der Waals surface area contributed by atoms with E-state index in [9.17, 15) is 4.79 Å². The molecule has 0 atom stereocenters. The van der Waals surface area contributed by atoms with Gasteiger partial charge < -0.3 is 5.32 Å². The molecule has 3 nitrogen and oxygen atoms in total. The van der Waals surface area contributed by atoms with Gasteiger partial charge >= 0.3 is 0 Å². The summed E-state index contributed by atoms with van der Waals surface area (Å²) in [5, 5.41) is 2.94. The lowest BCUT2D eigenvalue weighted by Crippen LogP contribution is -2.25. The van der Waals surface area contributed by atoms with Gasteiger partial charge in [0.2, 0.25) is 5.91 Å². The van der Waals surface area contributed by atoms with Gasteiger partial charge in [0.05, 0.1) is 0 Å². The summed E-state index contributed by atoms with van der Waals surface area (Å²) in [6.45, 7) is 9.89. The molecule has 0 aromatic heterocycles. The third kappa shape index (κ3) is 4.49. The average molecular weight is 248 g/mol. The van der Waals surface area contributed by atoms with Crippen LogP contribution in [0.4, 0.5) is 0 Å². The third-order valence-electron chi connectivity index (χ3n) is 3.20. The van der Waals surface area contributed by atoms with E-state index in [1.165, 1.54) is 11.1 Å². The van der Waals surface area contributed by atoms with E-state index in [1.54, 1.807) is 0 Å². The Morgan fingerprint density at radius 2 is 1.72 bits per heavy atom. The van der Waals surface area contributed by atoms with Crippen molar-refractivity contribution in [2.45, 2.75) is 40.3 Å². The van der Waals surface area contributed by atoms with Crippen molar-refractivity contribution in [2.75, 3.05) is 13.1 Å². The van der Waals surface area contributed by atoms with Gasteiger partial charge in [0.1, 0.15) is 0 Å². The fraction of sp³-hybridized carbons (Fsp3) is 0.533. The molecule has 0 saturated carbocycles. The number of nitrogens with one attached hydrogen (secondary N) is 1. The summed E-state index contributed by atoms with van der Waals surface area (Å²) in [5.74, 6) is 0.104. The van der Waals surface area contributed by atoms with Crippen LogP contribution in [-0.4, -0.2) is 23.9 Å². The number of benzene rings is 1. The van der Waals surface area contributed by atoms with E-state index in [4.69, 9.17) is 0 Å². The third-order valence-corrected chi connectivity index (χ3v) is 3.20. The Hall–Kier alpha value is -1.35. The fourth-order valence-corrected chi connectivity index (χ4v) is 1.89. The summed E-state index contributed by atoms with van der Waals surface area (Å²) in [6, 6.07) is 8.32. The summed E-state index contributed by atoms with van der Waals surface area (Å²) in [4.78, 5) is 13.7. The quantitative estimate of drug-likeness (QED) is 0.804. The standard InChI is InChI=1S/C15H24N2O/c1-4-15(18)16-11-13-9-7-8-10-14(13)12-17(5-2)6-3/h7-10H,4-6,11-12H2,1-3H3,(H,16,18). The maximum atomic E-state index is 11.3. The highest BCUT2D eigenvalue weighted by molar-refractivity contribution is 5.75. The maximum Gasteiger partial charge on any atom is 0.219 e. The van der Waals surface area contributed by atoms with Gasteiger partial charge in [-0.05, 0) is 24.2 Å². The monoisotopic (exact) mass is 248 g/mol. The van der Waals surface area contributed by atoms with Crippen LogP contribution in [0.25, 0.3) is 0 Å². The number of amides is 1. The smallest absolute Gasteiger partial charge is 0.219 e. The Morgan fingerprint density at radius 1 is 1.11 bits per heavy atom. The molecule has 0 radical (unpaired) electrons. The van der Waals surface area contributed by atoms with E-state index < -0.39 is 0 Å². The first-order chi connectivity index (χ1) is 8.71. The van der Waals surface area contributed by atoms with Gasteiger partial charge in [-0.1, -0.05) is 45.0 Å². The lowest BCUT2D eigenvalue weighted by atomic mass is 10.1. The van der Waals surface area contributed by atoms with Crippen LogP contribution in [0.1, 0.15) is 38.3 Å². The van der Waals surface area contributed by atoms with Crippen molar-refractivity contribution in [3.05, 3.63) is 35.4 Å². The Bertz CT molecular complexity index is 373. The van der Waals surface area contributed by atoms with Crippen LogP contribution in [-0.2, 0) is 17.9 Å². The van der Waals surface area contributed by atoms with Gasteiger partial charge in [0.15, 0.2) is 0 Å². The van der Waals surface area contributed by atoms with Crippen molar-refractivity contribution in [2.24, 2.45) is 0 Å². The highest BCUT2D eigenvalue weighted by Crippen LogP contribution is 2.11. The minimum atomic E-state index is 0.104. The molecule has 18 heavy (non-hydrogen) atoms. The van der Waals surface area contributed by atoms with Crippen LogP contribution < -0.4 is 5.32 Å². The van der Waals surface area contributed by atoms with Crippen LogP contribution in [0.3, 0.4) is 0 Å². The Balaban J connectivity index is 2.69. The SMILES string of the molecule is CCC(=O)NCc1ccccc1CN(CC)CC. The molecule has 0 aliphatic heterocycles. The maximum absolute atomic E-state index is 11.3. The molecule has 1 N–H and O–H groups in total. The van der Waals surface area contributed by atoms with Crippen LogP contribution in [0.2, 0.25) is 0 Å². The zero-order chi connectivity index (χ0) is 13.4. The number of hydrogen-bond donors (Lipinski definition) is 1. The predicted molar refractivity (Wildman–Crippen MR) is 75.2 cm³/mol. The highest BCUT2D eigenvalue weighted by Gasteiger charge is 2.06. The van der Waals surface area contributed by atoms with Gasteiger partial charge in [-0.25, -0.2) is 0 Å². The predicted octanol–water partition coefficient (Wildman–Crippen LogP) is 2.55. The van der Waals surface area contributed by atoms with Gasteiger partial charge in [0, 0.05) is 19.5 Å². The lowest BCUT2D eigenvalue weighted by molar-refractivity contribution is -0.120. The van der Waals surface area contributed by atoms with Crippen LogP contribution >= 0.6 is 0 Å². The van der Waals surface area contributed by atoms with E-state index in [0.717, 1.165) is 19.6 Å². The number of hydrogen-bond acceptors (Lipinski definition) is 2. The van der Waals surface area contributed by atoms with E-state index in [2.05, 4.69) is 42.3 Å². The first-order valence-corrected chi connectivity index (χ1v) is 6.77. The molecule has 1 rings (SSSR count). The molecule has 0 unspecified atom stereocenters. The Labute approximate surface area is 110 Å². The fourth-order valence-electron chi connectivity index (χ4n) is 1.89. The molecule has 0 fully saturated rings. The summed E-state index contributed by atoms with van der Waals surface area (Å²) >= 11 is 0. The number of nitrogens with zero attached hydrogens (tertiary/aromatic N) is 1. The number of carbonyl (C=O) groups excluding carboxylic acids is 1. The van der Waals surface area contributed by atoms with Crippen molar-refractivity contribution in [3.63, 3.8) is 0 Å². The minimum Gasteiger partial charge on any atom is -0.352 e. The minimum absolute atomic E-state index is 0.104. The average Bonchev–Trinajstić information content (AvgIpc) is 2.43. The number of carbonyl (C=O) groups is 1. The van der Waals surface area contributed by atoms with Gasteiger partial charge in [-0.2, -0.15) is 0 Å². The zero-order valence-corrected chi connectivity index (χ0v) is 11.7. The lowest BCUT2D eigenvalue weighted by Gasteiger charge is -2.20. The van der Waals surface area contributed by atoms with Crippen molar-refractivity contribution >= 4 is 5.91 Å². The van der Waals surface area contributed by atoms with Crippen LogP contribution in [0.15, 0.2) is 24.3 Å². The second kappa shape index (κ2) is 7.88. The second-order valence-corrected chi connectivity index (χ2v) is 4.36. The van der Waals surface area contributed by atoms with E-state index in [0.29, 0.717) is 13.0 Å². The molecule has 0 saturated heterocycles. The first-order valence-electron chi connectivity index (χ1n) is 6.77. The molecule has 1 aromatic rings. The van der Waals surface area contributed by atoms with Crippen molar-refractivity contribution in [3.8, 4) is 0 Å². The molecular weight excluding hydrogens is 224 g/mol. The molecule has 0 heterocycles. The van der Waals surface area contributed by atoms with Gasteiger partial charge in [0.25, 0.3) is 0 Å². The van der Waals surface area contributed by atoms with E-state index in [-0.39, 0.29) is 5.91 Å². The Kier molecular flexibility index (Phi) is 6.44. The topological polar surface area (TPSA) is 32.3 Å². The molecule has 0 bridgehead atoms. The molecule has 0 aliphatic rings. The first kappa shape index (κ1) is 14.7. The van der Waals surface area contributed by atoms with E-state index in [1.807, 2.05) is 13.0 Å². The summed E-state index contributed by atoms with van der Waals surface area (Å²) in [6.07, 6.45) is 0.540. The summed E-state index contributed by atoms with van der Waals surface area (Å²) in [7, 11) is 0. The summed E-state index contributed by atoms with van der Waals surface area (Å²) in [5.41, 5.74) is 2.52. The molecule has 3 heteroatoms. The van der Waals surface area contributed by atoms with Crippen LogP contribution in [0.5, 0.6) is 0 Å². The Morgan fingerprint density at radius 3 is 2.28 bits per heavy atom. The molecule has 0 aliphatic carbocycles. The highest BCUT2D eigenvalue weighted by atomic mass is 16.1. The molecule has 100 valence electrons.